The third kappa shape index (κ3) is 3.95. The number of aromatic nitrogens is 2. The van der Waals surface area contributed by atoms with Crippen LogP contribution in [0.5, 0.6) is 0 Å². The van der Waals surface area contributed by atoms with Gasteiger partial charge < -0.3 is 4.57 Å². The summed E-state index contributed by atoms with van der Waals surface area (Å²) in [6.07, 6.45) is 1.91. The van der Waals surface area contributed by atoms with E-state index in [4.69, 9.17) is 4.98 Å². The van der Waals surface area contributed by atoms with Crippen LogP contribution in [-0.2, 0) is 0 Å². The molecule has 0 unspecified atom stereocenters. The first-order valence-electron chi connectivity index (χ1n) is 16.1. The van der Waals surface area contributed by atoms with Gasteiger partial charge in [0.05, 0.1) is 16.6 Å². The number of hydrogen-bond acceptors (Lipinski definition) is 1. The number of hydrogen-bond donors (Lipinski definition) is 0. The van der Waals surface area contributed by atoms with Crippen molar-refractivity contribution in [3.05, 3.63) is 170 Å². The largest absolute Gasteiger partial charge is 0.308 e. The number of fused-ring (bicyclic) bond motifs is 4. The molecule has 0 amide bonds. The van der Waals surface area contributed by atoms with Crippen molar-refractivity contribution in [2.24, 2.45) is 0 Å². The molecule has 10 rings (SSSR count). The van der Waals surface area contributed by atoms with Crippen LogP contribution in [0.3, 0.4) is 0 Å². The van der Waals surface area contributed by atoms with Gasteiger partial charge in [0.2, 0.25) is 0 Å². The highest BCUT2D eigenvalue weighted by Gasteiger charge is 2.20. The molecule has 0 fully saturated rings. The van der Waals surface area contributed by atoms with Gasteiger partial charge in [0.15, 0.2) is 0 Å². The molecule has 0 radical (unpaired) electrons. The summed E-state index contributed by atoms with van der Waals surface area (Å²) in [7, 11) is 0. The van der Waals surface area contributed by atoms with Crippen LogP contribution in [0.4, 0.5) is 0 Å². The van der Waals surface area contributed by atoms with E-state index < -0.39 is 0 Å². The van der Waals surface area contributed by atoms with Crippen LogP contribution >= 0.6 is 0 Å². The van der Waals surface area contributed by atoms with E-state index in [1.165, 1.54) is 76.6 Å². The molecule has 0 spiro atoms. The van der Waals surface area contributed by atoms with Crippen LogP contribution in [0.1, 0.15) is 0 Å². The Hall–Kier alpha value is -6.25. The molecule has 0 N–H and O–H groups in total. The van der Waals surface area contributed by atoms with Crippen molar-refractivity contribution in [1.82, 2.24) is 9.55 Å². The predicted molar refractivity (Wildman–Crippen MR) is 199 cm³/mol. The topological polar surface area (TPSA) is 17.8 Å². The molecule has 0 atom stereocenters. The molecular weight excluding hydrogens is 569 g/mol. The molecular formula is C45H28N2. The molecule has 10 aromatic rings. The molecule has 2 heteroatoms. The van der Waals surface area contributed by atoms with E-state index in [0.717, 1.165) is 16.7 Å². The Morgan fingerprint density at radius 3 is 1.70 bits per heavy atom. The highest BCUT2D eigenvalue weighted by molar-refractivity contribution is 6.33. The second-order valence-corrected chi connectivity index (χ2v) is 12.4. The Bertz CT molecular complexity index is 2700. The lowest BCUT2D eigenvalue weighted by molar-refractivity contribution is 1.18. The standard InChI is InChI=1S/C45H28N2/c1-4-11-29(12-5-1)33-25-34(30-13-6-2-7-14-30)27-35(26-33)37-21-18-31-19-23-39-43-32(20-22-38(37)42(31)43)28-41-44(39)45-40(17-10-24-46-45)47(41)36-15-8-3-9-16-36/h1-28H. The second-order valence-electron chi connectivity index (χ2n) is 12.4. The van der Waals surface area contributed by atoms with Gasteiger partial charge in [-0.3, -0.25) is 4.98 Å². The molecule has 0 saturated heterocycles. The van der Waals surface area contributed by atoms with Crippen LogP contribution in [0.2, 0.25) is 0 Å². The van der Waals surface area contributed by atoms with Crippen LogP contribution in [0.15, 0.2) is 170 Å². The number of nitrogens with zero attached hydrogens (tertiary/aromatic N) is 2. The molecule has 0 aliphatic rings. The SMILES string of the molecule is c1ccc(-c2cc(-c3ccccc3)cc(-c3ccc4ccc5c6c(ccc3c46)cc3c5c4ncccc4n3-c3ccccc3)c2)cc1. The van der Waals surface area contributed by atoms with Crippen LogP contribution < -0.4 is 0 Å². The number of rotatable bonds is 4. The Morgan fingerprint density at radius 2 is 0.979 bits per heavy atom. The van der Waals surface area contributed by atoms with Crippen molar-refractivity contribution < 1.29 is 0 Å². The summed E-state index contributed by atoms with van der Waals surface area (Å²) in [5, 5.41) is 8.82. The van der Waals surface area contributed by atoms with Gasteiger partial charge in [0.1, 0.15) is 0 Å². The summed E-state index contributed by atoms with van der Waals surface area (Å²) in [6, 6.07) is 59.5. The van der Waals surface area contributed by atoms with Gasteiger partial charge in [-0.2, -0.15) is 0 Å². The molecule has 0 aliphatic heterocycles. The van der Waals surface area contributed by atoms with Crippen molar-refractivity contribution in [3.63, 3.8) is 0 Å². The average molecular weight is 597 g/mol. The van der Waals surface area contributed by atoms with E-state index >= 15 is 0 Å². The van der Waals surface area contributed by atoms with Crippen molar-refractivity contribution in [2.75, 3.05) is 0 Å². The van der Waals surface area contributed by atoms with Gasteiger partial charge in [-0.15, -0.1) is 0 Å². The zero-order valence-electron chi connectivity index (χ0n) is 25.6. The quantitative estimate of drug-likeness (QED) is 0.185. The second kappa shape index (κ2) is 10.1. The Morgan fingerprint density at radius 1 is 0.383 bits per heavy atom. The fourth-order valence-electron chi connectivity index (χ4n) is 7.67. The third-order valence-electron chi connectivity index (χ3n) is 9.74. The zero-order chi connectivity index (χ0) is 30.9. The van der Waals surface area contributed by atoms with Crippen molar-refractivity contribution in [1.29, 1.82) is 0 Å². The minimum atomic E-state index is 1.03. The Labute approximate surface area is 272 Å². The lowest BCUT2D eigenvalue weighted by atomic mass is 9.87. The molecule has 2 heterocycles. The minimum absolute atomic E-state index is 1.03. The summed E-state index contributed by atoms with van der Waals surface area (Å²) in [6.45, 7) is 0. The van der Waals surface area contributed by atoms with E-state index in [1.54, 1.807) is 0 Å². The van der Waals surface area contributed by atoms with Crippen molar-refractivity contribution in [2.45, 2.75) is 0 Å². The van der Waals surface area contributed by atoms with E-state index in [2.05, 4.69) is 162 Å². The Balaban J connectivity index is 1.28. The van der Waals surface area contributed by atoms with Gasteiger partial charge >= 0.3 is 0 Å². The van der Waals surface area contributed by atoms with Crippen LogP contribution in [0, 0.1) is 0 Å². The van der Waals surface area contributed by atoms with Crippen molar-refractivity contribution >= 4 is 54.3 Å². The third-order valence-corrected chi connectivity index (χ3v) is 9.74. The smallest absolute Gasteiger partial charge is 0.0969 e. The summed E-state index contributed by atoms with van der Waals surface area (Å²) >= 11 is 0. The first-order chi connectivity index (χ1) is 23.3. The summed E-state index contributed by atoms with van der Waals surface area (Å²) in [4.78, 5) is 4.96. The van der Waals surface area contributed by atoms with Gasteiger partial charge in [-0.25, -0.2) is 0 Å². The first kappa shape index (κ1) is 26.0. The minimum Gasteiger partial charge on any atom is -0.308 e. The van der Waals surface area contributed by atoms with E-state index in [1.807, 2.05) is 12.3 Å². The van der Waals surface area contributed by atoms with Crippen LogP contribution in [0.25, 0.3) is 93.3 Å². The van der Waals surface area contributed by atoms with Gasteiger partial charge in [-0.1, -0.05) is 115 Å². The lowest BCUT2D eigenvalue weighted by Crippen LogP contribution is -1.94. The fourth-order valence-corrected chi connectivity index (χ4v) is 7.67. The van der Waals surface area contributed by atoms with Gasteiger partial charge in [-0.05, 0) is 114 Å². The molecule has 0 saturated carbocycles. The fraction of sp³-hybridized carbons (Fsp3) is 0. The van der Waals surface area contributed by atoms with E-state index in [9.17, 15) is 0 Å². The maximum atomic E-state index is 4.96. The predicted octanol–water partition coefficient (Wildman–Crippen LogP) is 12.1. The van der Waals surface area contributed by atoms with Gasteiger partial charge in [0.25, 0.3) is 0 Å². The summed E-state index contributed by atoms with van der Waals surface area (Å²) < 4.78 is 2.36. The Kier molecular flexibility index (Phi) is 5.61. The molecule has 218 valence electrons. The molecule has 0 aliphatic carbocycles. The summed E-state index contributed by atoms with van der Waals surface area (Å²) in [5.41, 5.74) is 11.8. The highest BCUT2D eigenvalue weighted by Crippen LogP contribution is 2.45. The monoisotopic (exact) mass is 596 g/mol. The van der Waals surface area contributed by atoms with Crippen LogP contribution in [-0.4, -0.2) is 9.55 Å². The summed E-state index contributed by atoms with van der Waals surface area (Å²) in [5.74, 6) is 0. The van der Waals surface area contributed by atoms with Crippen molar-refractivity contribution in [3.8, 4) is 39.1 Å². The first-order valence-corrected chi connectivity index (χ1v) is 16.1. The maximum Gasteiger partial charge on any atom is 0.0969 e. The normalized spacial score (nSPS) is 11.8. The highest BCUT2D eigenvalue weighted by atomic mass is 15.0. The number of pyridine rings is 1. The lowest BCUT2D eigenvalue weighted by Gasteiger charge is -2.17. The number of para-hydroxylation sites is 1. The molecule has 0 bridgehead atoms. The van der Waals surface area contributed by atoms with E-state index in [0.29, 0.717) is 0 Å². The molecule has 2 nitrogen and oxygen atoms in total. The average Bonchev–Trinajstić information content (AvgIpc) is 3.48. The maximum absolute atomic E-state index is 4.96. The number of benzene rings is 8. The molecule has 8 aromatic carbocycles. The molecule has 2 aromatic heterocycles. The zero-order valence-corrected chi connectivity index (χ0v) is 25.6. The van der Waals surface area contributed by atoms with Gasteiger partial charge in [0, 0.05) is 17.3 Å². The van der Waals surface area contributed by atoms with E-state index in [-0.39, 0.29) is 0 Å². The molecule has 47 heavy (non-hydrogen) atoms.